The van der Waals surface area contributed by atoms with Crippen LogP contribution >= 0.6 is 11.6 Å². The van der Waals surface area contributed by atoms with Crippen LogP contribution in [0.3, 0.4) is 0 Å². The minimum absolute atomic E-state index is 0.0340. The van der Waals surface area contributed by atoms with Crippen LogP contribution in [0.25, 0.3) is 10.9 Å². The summed E-state index contributed by atoms with van der Waals surface area (Å²) in [6.07, 6.45) is 0. The van der Waals surface area contributed by atoms with Crippen molar-refractivity contribution in [1.82, 2.24) is 15.3 Å². The minimum Gasteiger partial charge on any atom is -0.493 e. The van der Waals surface area contributed by atoms with Crippen LogP contribution in [0.1, 0.15) is 29.7 Å². The number of methoxy groups -OCH3 is 2. The second kappa shape index (κ2) is 9.37. The van der Waals surface area contributed by atoms with Gasteiger partial charge in [0.1, 0.15) is 5.82 Å². The quantitative estimate of drug-likeness (QED) is 0.290. The van der Waals surface area contributed by atoms with Crippen LogP contribution < -0.4 is 25.4 Å². The maximum atomic E-state index is 6.23. The van der Waals surface area contributed by atoms with Gasteiger partial charge < -0.3 is 25.4 Å². The fourth-order valence-corrected chi connectivity index (χ4v) is 4.43. The Labute approximate surface area is 203 Å². The molecule has 0 radical (unpaired) electrons. The van der Waals surface area contributed by atoms with E-state index in [1.807, 2.05) is 12.1 Å². The highest BCUT2D eigenvalue weighted by molar-refractivity contribution is 6.28. The molecule has 174 valence electrons. The summed E-state index contributed by atoms with van der Waals surface area (Å²) in [5.41, 5.74) is 6.59. The number of fused-ring (bicyclic) bond motifs is 2. The van der Waals surface area contributed by atoms with E-state index in [4.69, 9.17) is 21.1 Å². The molecule has 5 rings (SSSR count). The third-order valence-electron chi connectivity index (χ3n) is 6.04. The molecule has 0 fully saturated rings. The van der Waals surface area contributed by atoms with Crippen molar-refractivity contribution >= 4 is 39.7 Å². The molecule has 8 heteroatoms. The third kappa shape index (κ3) is 4.44. The highest BCUT2D eigenvalue weighted by Crippen LogP contribution is 2.36. The van der Waals surface area contributed by atoms with Crippen LogP contribution in [-0.4, -0.2) is 24.2 Å². The van der Waals surface area contributed by atoms with Gasteiger partial charge in [-0.1, -0.05) is 18.2 Å². The van der Waals surface area contributed by atoms with Crippen LogP contribution in [0.15, 0.2) is 54.6 Å². The fraction of sp³-hybridized carbons (Fsp3) is 0.231. The van der Waals surface area contributed by atoms with E-state index >= 15 is 0 Å². The largest absolute Gasteiger partial charge is 0.493 e. The lowest BCUT2D eigenvalue weighted by Crippen LogP contribution is -2.09. The van der Waals surface area contributed by atoms with Crippen molar-refractivity contribution in [3.63, 3.8) is 0 Å². The third-order valence-corrected chi connectivity index (χ3v) is 6.21. The van der Waals surface area contributed by atoms with Gasteiger partial charge in [0.25, 0.3) is 0 Å². The molecule has 0 spiro atoms. The van der Waals surface area contributed by atoms with Crippen molar-refractivity contribution in [2.45, 2.75) is 26.1 Å². The summed E-state index contributed by atoms with van der Waals surface area (Å²) in [4.78, 5) is 8.80. The Morgan fingerprint density at radius 3 is 2.50 bits per heavy atom. The Morgan fingerprint density at radius 1 is 0.912 bits per heavy atom. The Bertz CT molecular complexity index is 1360. The lowest BCUT2D eigenvalue weighted by molar-refractivity contribution is 0.356. The molecule has 7 nitrogen and oxygen atoms in total. The van der Waals surface area contributed by atoms with Crippen LogP contribution in [-0.2, 0) is 13.1 Å². The molecule has 0 saturated heterocycles. The molecule has 0 aliphatic carbocycles. The molecule has 0 amide bonds. The molecule has 34 heavy (non-hydrogen) atoms. The number of anilines is 3. The van der Waals surface area contributed by atoms with Gasteiger partial charge in [0.05, 0.1) is 25.8 Å². The molecular formula is C26H26ClN5O2. The summed E-state index contributed by atoms with van der Waals surface area (Å²) in [5.74, 6) is 1.82. The lowest BCUT2D eigenvalue weighted by atomic mass is 10.1. The second-order valence-corrected chi connectivity index (χ2v) is 8.61. The summed E-state index contributed by atoms with van der Waals surface area (Å²) in [6.45, 7) is 3.94. The SMILES string of the molecule is COc1cc2nc(Cl)nc(N[C@H](C)c3cccc(Nc4ccc5c(c4)CNC5)c3)c2cc1OC. The topological polar surface area (TPSA) is 80.3 Å². The first-order valence-corrected chi connectivity index (χ1v) is 11.5. The predicted octanol–water partition coefficient (Wildman–Crippen LogP) is 5.82. The van der Waals surface area contributed by atoms with E-state index in [-0.39, 0.29) is 11.3 Å². The fourth-order valence-electron chi connectivity index (χ4n) is 4.25. The molecule has 1 aliphatic heterocycles. The van der Waals surface area contributed by atoms with Gasteiger partial charge in [0, 0.05) is 35.9 Å². The van der Waals surface area contributed by atoms with Gasteiger partial charge in [-0.15, -0.1) is 0 Å². The van der Waals surface area contributed by atoms with Gasteiger partial charge in [0.2, 0.25) is 5.28 Å². The van der Waals surface area contributed by atoms with E-state index < -0.39 is 0 Å². The summed E-state index contributed by atoms with van der Waals surface area (Å²) in [7, 11) is 3.20. The van der Waals surface area contributed by atoms with Gasteiger partial charge in [0.15, 0.2) is 11.5 Å². The summed E-state index contributed by atoms with van der Waals surface area (Å²) >= 11 is 6.23. The summed E-state index contributed by atoms with van der Waals surface area (Å²) in [6, 6.07) is 18.5. The Morgan fingerprint density at radius 2 is 1.68 bits per heavy atom. The zero-order valence-corrected chi connectivity index (χ0v) is 20.0. The maximum Gasteiger partial charge on any atom is 0.224 e. The summed E-state index contributed by atoms with van der Waals surface area (Å²) < 4.78 is 10.9. The van der Waals surface area contributed by atoms with E-state index in [9.17, 15) is 0 Å². The number of hydrogen-bond donors (Lipinski definition) is 3. The maximum absolute atomic E-state index is 6.23. The van der Waals surface area contributed by atoms with Crippen molar-refractivity contribution < 1.29 is 9.47 Å². The lowest BCUT2D eigenvalue weighted by Gasteiger charge is -2.18. The van der Waals surface area contributed by atoms with Crippen LogP contribution in [0.2, 0.25) is 5.28 Å². The van der Waals surface area contributed by atoms with Crippen LogP contribution in [0.4, 0.5) is 17.2 Å². The van der Waals surface area contributed by atoms with Crippen molar-refractivity contribution in [1.29, 1.82) is 0 Å². The first kappa shape index (κ1) is 22.3. The van der Waals surface area contributed by atoms with Crippen LogP contribution in [0.5, 0.6) is 11.5 Å². The number of hydrogen-bond acceptors (Lipinski definition) is 7. The Kier molecular flexibility index (Phi) is 6.13. The first-order valence-electron chi connectivity index (χ1n) is 11.1. The second-order valence-electron chi connectivity index (χ2n) is 8.27. The zero-order chi connectivity index (χ0) is 23.7. The highest BCUT2D eigenvalue weighted by atomic mass is 35.5. The molecule has 1 atom stereocenters. The van der Waals surface area contributed by atoms with E-state index in [1.165, 1.54) is 11.1 Å². The molecule has 0 unspecified atom stereocenters. The highest BCUT2D eigenvalue weighted by Gasteiger charge is 2.16. The Balaban J connectivity index is 1.41. The van der Waals surface area contributed by atoms with Crippen molar-refractivity contribution in [2.75, 3.05) is 24.9 Å². The van der Waals surface area contributed by atoms with Gasteiger partial charge in [-0.05, 0) is 65.5 Å². The number of aromatic nitrogens is 2. The number of ether oxygens (including phenoxy) is 2. The van der Waals surface area contributed by atoms with Gasteiger partial charge in [-0.2, -0.15) is 0 Å². The molecule has 1 aliphatic rings. The van der Waals surface area contributed by atoms with Crippen molar-refractivity contribution in [3.05, 3.63) is 76.6 Å². The number of benzene rings is 3. The molecule has 0 bridgehead atoms. The average Bonchev–Trinajstić information content (AvgIpc) is 3.31. The summed E-state index contributed by atoms with van der Waals surface area (Å²) in [5, 5.41) is 11.4. The first-order chi connectivity index (χ1) is 16.5. The van der Waals surface area contributed by atoms with Crippen LogP contribution in [0, 0.1) is 0 Å². The molecule has 2 heterocycles. The average molecular weight is 476 g/mol. The number of rotatable bonds is 7. The predicted molar refractivity (Wildman–Crippen MR) is 136 cm³/mol. The zero-order valence-electron chi connectivity index (χ0n) is 19.3. The number of nitrogens with one attached hydrogen (secondary N) is 3. The van der Waals surface area contributed by atoms with Crippen molar-refractivity contribution in [2.24, 2.45) is 0 Å². The van der Waals surface area contributed by atoms with E-state index in [1.54, 1.807) is 20.3 Å². The van der Waals surface area contributed by atoms with Gasteiger partial charge >= 0.3 is 0 Å². The number of halogens is 1. The minimum atomic E-state index is -0.0340. The smallest absolute Gasteiger partial charge is 0.224 e. The van der Waals surface area contributed by atoms with E-state index in [0.29, 0.717) is 22.8 Å². The molecular weight excluding hydrogens is 450 g/mol. The van der Waals surface area contributed by atoms with Gasteiger partial charge in [-0.3, -0.25) is 0 Å². The van der Waals surface area contributed by atoms with E-state index in [2.05, 4.69) is 69.2 Å². The van der Waals surface area contributed by atoms with Gasteiger partial charge in [-0.25, -0.2) is 9.97 Å². The molecule has 4 aromatic rings. The Hall–Kier alpha value is -3.55. The molecule has 3 aromatic carbocycles. The molecule has 1 aromatic heterocycles. The van der Waals surface area contributed by atoms with E-state index in [0.717, 1.165) is 35.4 Å². The van der Waals surface area contributed by atoms with Crippen molar-refractivity contribution in [3.8, 4) is 11.5 Å². The monoisotopic (exact) mass is 475 g/mol. The standard InChI is InChI=1S/C26H26ClN5O2/c1-15(29-25-21-11-23(33-2)24(34-3)12-22(21)31-26(27)32-25)16-5-4-6-19(9-16)30-20-8-7-17-13-28-14-18(17)10-20/h4-12,15,28,30H,13-14H2,1-3H3,(H,29,31,32)/t15-/m1/s1. The normalized spacial score (nSPS) is 13.4. The molecule has 3 N–H and O–H groups in total. The molecule has 0 saturated carbocycles. The number of nitrogens with zero attached hydrogens (tertiary/aromatic N) is 2.